The Morgan fingerprint density at radius 1 is 1.30 bits per heavy atom. The summed E-state index contributed by atoms with van der Waals surface area (Å²) in [6.07, 6.45) is 5.70. The zero-order chi connectivity index (χ0) is 14.7. The summed E-state index contributed by atoms with van der Waals surface area (Å²) in [6.45, 7) is 1.56. The zero-order valence-electron chi connectivity index (χ0n) is 11.8. The first-order valence-corrected chi connectivity index (χ1v) is 7.65. The molecule has 2 rings (SSSR count). The van der Waals surface area contributed by atoms with Gasteiger partial charge in [-0.3, -0.25) is 9.59 Å². The standard InChI is InChI=1S/C14H20BrN3O2/c1-9(19)16-10-3-5-11(6-4-10)17-13-7-14(20)18(2)8-12(13)15/h7-8,10-11,17H,3-6H2,1-2H3,(H,16,19). The van der Waals surface area contributed by atoms with Gasteiger partial charge < -0.3 is 15.2 Å². The van der Waals surface area contributed by atoms with Gasteiger partial charge >= 0.3 is 0 Å². The Morgan fingerprint density at radius 3 is 2.50 bits per heavy atom. The van der Waals surface area contributed by atoms with Crippen molar-refractivity contribution in [1.29, 1.82) is 0 Å². The molecule has 20 heavy (non-hydrogen) atoms. The third-order valence-electron chi connectivity index (χ3n) is 3.67. The highest BCUT2D eigenvalue weighted by atomic mass is 79.9. The van der Waals surface area contributed by atoms with Crippen LogP contribution in [0.1, 0.15) is 32.6 Å². The first-order valence-electron chi connectivity index (χ1n) is 6.85. The van der Waals surface area contributed by atoms with Crippen LogP contribution in [0.3, 0.4) is 0 Å². The number of pyridine rings is 1. The molecule has 0 unspecified atom stereocenters. The zero-order valence-corrected chi connectivity index (χ0v) is 13.4. The number of aryl methyl sites for hydroxylation is 1. The second kappa shape index (κ2) is 6.43. The largest absolute Gasteiger partial charge is 0.381 e. The van der Waals surface area contributed by atoms with Gasteiger partial charge in [0, 0.05) is 38.3 Å². The average Bonchev–Trinajstić information content (AvgIpc) is 2.37. The average molecular weight is 342 g/mol. The van der Waals surface area contributed by atoms with Gasteiger partial charge in [0.25, 0.3) is 5.56 Å². The fraction of sp³-hybridized carbons (Fsp3) is 0.571. The lowest BCUT2D eigenvalue weighted by atomic mass is 9.91. The number of carbonyl (C=O) groups is 1. The SMILES string of the molecule is CC(=O)NC1CCC(Nc2cc(=O)n(C)cc2Br)CC1. The van der Waals surface area contributed by atoms with E-state index in [2.05, 4.69) is 26.6 Å². The highest BCUT2D eigenvalue weighted by molar-refractivity contribution is 9.10. The maximum Gasteiger partial charge on any atom is 0.252 e. The second-order valence-electron chi connectivity index (χ2n) is 5.38. The summed E-state index contributed by atoms with van der Waals surface area (Å²) in [7, 11) is 1.73. The minimum atomic E-state index is -0.0253. The molecule has 2 N–H and O–H groups in total. The maximum atomic E-state index is 11.7. The topological polar surface area (TPSA) is 63.1 Å². The van der Waals surface area contributed by atoms with E-state index in [9.17, 15) is 9.59 Å². The van der Waals surface area contributed by atoms with Gasteiger partial charge in [0.05, 0.1) is 10.2 Å². The molecule has 1 amide bonds. The van der Waals surface area contributed by atoms with Gasteiger partial charge in [-0.1, -0.05) is 0 Å². The number of aromatic nitrogens is 1. The molecule has 110 valence electrons. The summed E-state index contributed by atoms with van der Waals surface area (Å²) in [5, 5.41) is 6.38. The van der Waals surface area contributed by atoms with Crippen molar-refractivity contribution in [2.24, 2.45) is 7.05 Å². The quantitative estimate of drug-likeness (QED) is 0.883. The van der Waals surface area contributed by atoms with E-state index in [1.165, 1.54) is 0 Å². The van der Waals surface area contributed by atoms with Gasteiger partial charge in [0.15, 0.2) is 0 Å². The van der Waals surface area contributed by atoms with E-state index in [0.717, 1.165) is 35.8 Å². The van der Waals surface area contributed by atoms with Crippen molar-refractivity contribution in [2.75, 3.05) is 5.32 Å². The number of anilines is 1. The molecule has 1 aromatic heterocycles. The molecule has 1 aliphatic rings. The number of nitrogens with zero attached hydrogens (tertiary/aromatic N) is 1. The minimum absolute atomic E-state index is 0.0253. The molecular weight excluding hydrogens is 322 g/mol. The molecule has 0 bridgehead atoms. The van der Waals surface area contributed by atoms with Crippen LogP contribution in [0.15, 0.2) is 21.5 Å². The summed E-state index contributed by atoms with van der Waals surface area (Å²) in [6, 6.07) is 2.25. The summed E-state index contributed by atoms with van der Waals surface area (Å²) in [5.41, 5.74) is 0.818. The third kappa shape index (κ3) is 3.85. The van der Waals surface area contributed by atoms with E-state index >= 15 is 0 Å². The van der Waals surface area contributed by atoms with Gasteiger partial charge in [-0.05, 0) is 41.6 Å². The van der Waals surface area contributed by atoms with Crippen molar-refractivity contribution in [3.8, 4) is 0 Å². The molecule has 0 radical (unpaired) electrons. The maximum absolute atomic E-state index is 11.7. The number of hydrogen-bond donors (Lipinski definition) is 2. The number of rotatable bonds is 3. The number of halogens is 1. The van der Waals surface area contributed by atoms with Crippen LogP contribution in [0.4, 0.5) is 5.69 Å². The second-order valence-corrected chi connectivity index (χ2v) is 6.23. The Labute approximate surface area is 126 Å². The van der Waals surface area contributed by atoms with E-state index < -0.39 is 0 Å². The van der Waals surface area contributed by atoms with Crippen molar-refractivity contribution in [2.45, 2.75) is 44.7 Å². The van der Waals surface area contributed by atoms with Crippen LogP contribution < -0.4 is 16.2 Å². The van der Waals surface area contributed by atoms with Gasteiger partial charge in [0.2, 0.25) is 5.91 Å². The molecule has 5 nitrogen and oxygen atoms in total. The predicted molar refractivity (Wildman–Crippen MR) is 82.9 cm³/mol. The Bertz CT molecular complexity index is 548. The normalized spacial score (nSPS) is 22.4. The predicted octanol–water partition coefficient (Wildman–Crippen LogP) is 2.01. The Kier molecular flexibility index (Phi) is 4.86. The van der Waals surface area contributed by atoms with Crippen LogP contribution >= 0.6 is 15.9 Å². The molecule has 1 heterocycles. The van der Waals surface area contributed by atoms with E-state index in [-0.39, 0.29) is 17.5 Å². The lowest BCUT2D eigenvalue weighted by Crippen LogP contribution is -2.39. The van der Waals surface area contributed by atoms with Crippen molar-refractivity contribution in [1.82, 2.24) is 9.88 Å². The highest BCUT2D eigenvalue weighted by Crippen LogP contribution is 2.25. The monoisotopic (exact) mass is 341 g/mol. The van der Waals surface area contributed by atoms with E-state index in [0.29, 0.717) is 6.04 Å². The van der Waals surface area contributed by atoms with Crippen LogP contribution in [0.25, 0.3) is 0 Å². The van der Waals surface area contributed by atoms with Gasteiger partial charge in [-0.2, -0.15) is 0 Å². The number of hydrogen-bond acceptors (Lipinski definition) is 3. The molecule has 1 aliphatic carbocycles. The fourth-order valence-corrected chi connectivity index (χ4v) is 3.13. The Hall–Kier alpha value is -1.30. The number of amides is 1. The van der Waals surface area contributed by atoms with Gasteiger partial charge in [-0.15, -0.1) is 0 Å². The van der Waals surface area contributed by atoms with E-state index in [1.807, 2.05) is 0 Å². The molecule has 1 fully saturated rings. The number of carbonyl (C=O) groups excluding carboxylic acids is 1. The van der Waals surface area contributed by atoms with E-state index in [4.69, 9.17) is 0 Å². The van der Waals surface area contributed by atoms with Crippen LogP contribution in [0.5, 0.6) is 0 Å². The minimum Gasteiger partial charge on any atom is -0.381 e. The van der Waals surface area contributed by atoms with Crippen LogP contribution in [0.2, 0.25) is 0 Å². The molecule has 0 atom stereocenters. The third-order valence-corrected chi connectivity index (χ3v) is 4.31. The molecule has 1 aromatic rings. The molecule has 0 aromatic carbocycles. The van der Waals surface area contributed by atoms with Crippen LogP contribution in [-0.2, 0) is 11.8 Å². The van der Waals surface area contributed by atoms with Crippen molar-refractivity contribution < 1.29 is 4.79 Å². The lowest BCUT2D eigenvalue weighted by Gasteiger charge is -2.30. The van der Waals surface area contributed by atoms with Crippen molar-refractivity contribution >= 4 is 27.5 Å². The molecule has 0 saturated heterocycles. The summed E-state index contributed by atoms with van der Waals surface area (Å²) < 4.78 is 2.44. The van der Waals surface area contributed by atoms with Crippen LogP contribution in [0, 0.1) is 0 Å². The molecule has 6 heteroatoms. The Morgan fingerprint density at radius 2 is 1.90 bits per heavy atom. The number of nitrogens with one attached hydrogen (secondary N) is 2. The van der Waals surface area contributed by atoms with Gasteiger partial charge in [0.1, 0.15) is 0 Å². The van der Waals surface area contributed by atoms with Gasteiger partial charge in [-0.25, -0.2) is 0 Å². The lowest BCUT2D eigenvalue weighted by molar-refractivity contribution is -0.119. The van der Waals surface area contributed by atoms with E-state index in [1.54, 1.807) is 30.8 Å². The van der Waals surface area contributed by atoms with Crippen molar-refractivity contribution in [3.63, 3.8) is 0 Å². The first-order chi connectivity index (χ1) is 9.45. The Balaban J connectivity index is 1.94. The smallest absolute Gasteiger partial charge is 0.252 e. The fourth-order valence-electron chi connectivity index (χ4n) is 2.60. The highest BCUT2D eigenvalue weighted by Gasteiger charge is 2.22. The summed E-state index contributed by atoms with van der Waals surface area (Å²) in [4.78, 5) is 22.7. The summed E-state index contributed by atoms with van der Waals surface area (Å²) in [5.74, 6) is 0.0377. The van der Waals surface area contributed by atoms with Crippen molar-refractivity contribution in [3.05, 3.63) is 27.1 Å². The van der Waals surface area contributed by atoms with Crippen LogP contribution in [-0.4, -0.2) is 22.6 Å². The molecule has 0 aliphatic heterocycles. The molecule has 1 saturated carbocycles. The molecular formula is C14H20BrN3O2. The summed E-state index contributed by atoms with van der Waals surface area (Å²) >= 11 is 3.47. The first kappa shape index (κ1) is 15.1. The molecule has 0 spiro atoms.